The third-order valence-electron chi connectivity index (χ3n) is 12.1. The van der Waals surface area contributed by atoms with Crippen LogP contribution in [0.2, 0.25) is 0 Å². The van der Waals surface area contributed by atoms with E-state index in [2.05, 4.69) is 50.3 Å². The van der Waals surface area contributed by atoms with E-state index in [9.17, 15) is 45.3 Å². The van der Waals surface area contributed by atoms with Gasteiger partial charge in [0.25, 0.3) is 0 Å². The van der Waals surface area contributed by atoms with Gasteiger partial charge in [0.2, 0.25) is 0 Å². The summed E-state index contributed by atoms with van der Waals surface area (Å²) in [6.45, 7) is 2.49. The van der Waals surface area contributed by atoms with Crippen LogP contribution in [0.4, 0.5) is 0 Å². The van der Waals surface area contributed by atoms with Crippen molar-refractivity contribution in [2.75, 3.05) is 26.4 Å². The molecule has 2 fully saturated rings. The maximum absolute atomic E-state index is 12.9. The molecule has 67 heavy (non-hydrogen) atoms. The summed E-state index contributed by atoms with van der Waals surface area (Å²) in [6, 6.07) is 0. The molecule has 0 radical (unpaired) electrons. The molecule has 15 heteroatoms. The van der Waals surface area contributed by atoms with Crippen LogP contribution in [-0.2, 0) is 38.0 Å². The van der Waals surface area contributed by atoms with E-state index in [0.29, 0.717) is 12.8 Å². The van der Waals surface area contributed by atoms with E-state index in [4.69, 9.17) is 28.4 Å². The summed E-state index contributed by atoms with van der Waals surface area (Å²) in [7, 11) is 0. The monoisotopic (exact) mass is 955 g/mol. The standard InChI is InChI=1S/C52H90O15/c1-3-5-7-9-11-13-15-17-18-19-20-21-23-24-26-28-30-32-34-43(54)62-37-40(65-44(55)35-33-31-29-27-25-22-16-14-12-10-8-6-4-2)38-63-51-50(61)48(59)46(57)42(67-51)39-64-52-49(60)47(58)45(56)41(36-53)66-52/h18-22,25,29,31,40-42,45-53,56-61H,3-17,23-24,26-28,30,32-39H2,1-2H3/b19-18+,21-20+,25-22+,31-29+/t40?,41-,42-,45+,46+,47?,48?,49?,50?,51-,52-/m1/s1. The molecular formula is C52H90O15. The minimum atomic E-state index is -1.78. The fourth-order valence-electron chi connectivity index (χ4n) is 7.79. The summed E-state index contributed by atoms with van der Waals surface area (Å²) >= 11 is 0. The fourth-order valence-corrected chi connectivity index (χ4v) is 7.79. The Morgan fingerprint density at radius 3 is 1.54 bits per heavy atom. The molecule has 2 saturated heterocycles. The van der Waals surface area contributed by atoms with E-state index in [0.717, 1.165) is 51.4 Å². The van der Waals surface area contributed by atoms with Crippen LogP contribution in [0.15, 0.2) is 48.6 Å². The number of aliphatic hydroxyl groups is 7. The Labute approximate surface area is 401 Å². The molecule has 15 nitrogen and oxygen atoms in total. The van der Waals surface area contributed by atoms with Gasteiger partial charge in [0.05, 0.1) is 19.8 Å². The van der Waals surface area contributed by atoms with Crippen molar-refractivity contribution in [3.05, 3.63) is 48.6 Å². The number of hydrogen-bond acceptors (Lipinski definition) is 15. The molecule has 0 aromatic rings. The lowest BCUT2D eigenvalue weighted by molar-refractivity contribution is -0.332. The first-order valence-corrected chi connectivity index (χ1v) is 25.7. The van der Waals surface area contributed by atoms with Crippen LogP contribution in [0, 0.1) is 0 Å². The van der Waals surface area contributed by atoms with Crippen molar-refractivity contribution in [3.8, 4) is 0 Å². The molecule has 2 rings (SSSR count). The maximum atomic E-state index is 12.9. The number of unbranched alkanes of at least 4 members (excludes halogenated alkanes) is 18. The lowest BCUT2D eigenvalue weighted by Gasteiger charge is -2.42. The smallest absolute Gasteiger partial charge is 0.306 e. The molecule has 11 atom stereocenters. The van der Waals surface area contributed by atoms with Crippen molar-refractivity contribution in [1.29, 1.82) is 0 Å². The average molecular weight is 955 g/mol. The summed E-state index contributed by atoms with van der Waals surface area (Å²) in [5.41, 5.74) is 0. The number of hydrogen-bond donors (Lipinski definition) is 7. The summed E-state index contributed by atoms with van der Waals surface area (Å²) in [5, 5.41) is 72.0. The van der Waals surface area contributed by atoms with Crippen molar-refractivity contribution < 1.29 is 73.8 Å². The number of rotatable bonds is 39. The molecule has 7 N–H and O–H groups in total. The molecule has 388 valence electrons. The van der Waals surface area contributed by atoms with E-state index in [1.165, 1.54) is 83.5 Å². The highest BCUT2D eigenvalue weighted by Gasteiger charge is 2.47. The van der Waals surface area contributed by atoms with Crippen LogP contribution < -0.4 is 0 Å². The minimum Gasteiger partial charge on any atom is -0.462 e. The summed E-state index contributed by atoms with van der Waals surface area (Å²) in [4.78, 5) is 25.7. The second kappa shape index (κ2) is 39.2. The molecule has 0 aromatic carbocycles. The normalized spacial score (nSPS) is 26.3. The molecule has 0 aromatic heterocycles. The number of allylic oxidation sites excluding steroid dienone is 8. The van der Waals surface area contributed by atoms with E-state index in [1.54, 1.807) is 0 Å². The number of carbonyl (C=O) groups excluding carboxylic acids is 2. The zero-order valence-electron chi connectivity index (χ0n) is 40.9. The summed E-state index contributed by atoms with van der Waals surface area (Å²) in [5.74, 6) is -1.02. The molecule has 0 spiro atoms. The van der Waals surface area contributed by atoms with Gasteiger partial charge in [0.1, 0.15) is 55.4 Å². The predicted molar refractivity (Wildman–Crippen MR) is 257 cm³/mol. The van der Waals surface area contributed by atoms with Crippen molar-refractivity contribution in [2.45, 2.75) is 242 Å². The van der Waals surface area contributed by atoms with E-state index < -0.39 is 99.3 Å². The first-order chi connectivity index (χ1) is 32.5. The number of carbonyl (C=O) groups is 2. The highest BCUT2D eigenvalue weighted by molar-refractivity contribution is 5.70. The van der Waals surface area contributed by atoms with Crippen LogP contribution in [-0.4, -0.2) is 142 Å². The van der Waals surface area contributed by atoms with Gasteiger partial charge in [0, 0.05) is 12.8 Å². The maximum Gasteiger partial charge on any atom is 0.306 e. The van der Waals surface area contributed by atoms with E-state index in [-0.39, 0.29) is 19.4 Å². The Morgan fingerprint density at radius 1 is 0.493 bits per heavy atom. The topological polar surface area (TPSA) is 231 Å². The zero-order valence-corrected chi connectivity index (χ0v) is 40.9. The molecule has 2 aliphatic rings. The van der Waals surface area contributed by atoms with Gasteiger partial charge in [-0.15, -0.1) is 0 Å². The van der Waals surface area contributed by atoms with Gasteiger partial charge in [-0.2, -0.15) is 0 Å². The second-order valence-corrected chi connectivity index (χ2v) is 18.0. The molecule has 2 heterocycles. The molecule has 2 aliphatic heterocycles. The molecule has 0 bridgehead atoms. The first kappa shape index (κ1) is 60.6. The molecular weight excluding hydrogens is 865 g/mol. The molecule has 0 aliphatic carbocycles. The Morgan fingerprint density at radius 2 is 0.970 bits per heavy atom. The number of aliphatic hydroxyl groups excluding tert-OH is 7. The third kappa shape index (κ3) is 27.4. The van der Waals surface area contributed by atoms with E-state index in [1.807, 2.05) is 12.2 Å². The number of esters is 2. The van der Waals surface area contributed by atoms with Crippen molar-refractivity contribution >= 4 is 11.9 Å². The summed E-state index contributed by atoms with van der Waals surface area (Å²) < 4.78 is 33.5. The quantitative estimate of drug-likeness (QED) is 0.0141. The summed E-state index contributed by atoms with van der Waals surface area (Å²) in [6.07, 6.45) is 25.9. The van der Waals surface area contributed by atoms with Gasteiger partial charge < -0.3 is 64.2 Å². The Kier molecular flexibility index (Phi) is 35.5. The highest BCUT2D eigenvalue weighted by atomic mass is 16.7. The lowest BCUT2D eigenvalue weighted by Crippen LogP contribution is -2.61. The molecule has 0 amide bonds. The van der Waals surface area contributed by atoms with Crippen LogP contribution in [0.25, 0.3) is 0 Å². The van der Waals surface area contributed by atoms with Gasteiger partial charge in [-0.25, -0.2) is 0 Å². The van der Waals surface area contributed by atoms with E-state index >= 15 is 0 Å². The Balaban J connectivity index is 1.83. The van der Waals surface area contributed by atoms with Crippen molar-refractivity contribution in [3.63, 3.8) is 0 Å². The second-order valence-electron chi connectivity index (χ2n) is 18.0. The largest absolute Gasteiger partial charge is 0.462 e. The Hall–Kier alpha value is -2.54. The third-order valence-corrected chi connectivity index (χ3v) is 12.1. The van der Waals surface area contributed by atoms with Gasteiger partial charge in [-0.3, -0.25) is 9.59 Å². The van der Waals surface area contributed by atoms with Crippen LogP contribution in [0.1, 0.15) is 174 Å². The minimum absolute atomic E-state index is 0.0546. The predicted octanol–water partition coefficient (Wildman–Crippen LogP) is 7.10. The van der Waals surface area contributed by atoms with Gasteiger partial charge in [0.15, 0.2) is 18.7 Å². The van der Waals surface area contributed by atoms with Crippen molar-refractivity contribution in [1.82, 2.24) is 0 Å². The molecule has 0 saturated carbocycles. The van der Waals surface area contributed by atoms with Crippen LogP contribution in [0.5, 0.6) is 0 Å². The first-order valence-electron chi connectivity index (χ1n) is 25.7. The highest BCUT2D eigenvalue weighted by Crippen LogP contribution is 2.26. The number of ether oxygens (including phenoxy) is 6. The van der Waals surface area contributed by atoms with Gasteiger partial charge in [-0.05, 0) is 57.8 Å². The fraction of sp³-hybridized carbons (Fsp3) is 0.808. The zero-order chi connectivity index (χ0) is 48.9. The SMILES string of the molecule is CCCCCCCC/C=C/C/C=C/CCC(=O)OC(COC(=O)CCCCCCC/C=C/C=C/CCCCCCCCC)CO[C@@H]1O[C@H](CO[C@@H]2O[C@H](CO)[C@H](O)C(O)C2O)[C@H](O)C(O)C1O. The van der Waals surface area contributed by atoms with Crippen LogP contribution in [0.3, 0.4) is 0 Å². The Bertz CT molecular complexity index is 1350. The molecule has 5 unspecified atom stereocenters. The van der Waals surface area contributed by atoms with Gasteiger partial charge in [-0.1, -0.05) is 152 Å². The average Bonchev–Trinajstić information content (AvgIpc) is 3.32. The van der Waals surface area contributed by atoms with Gasteiger partial charge >= 0.3 is 11.9 Å². The van der Waals surface area contributed by atoms with Crippen LogP contribution >= 0.6 is 0 Å². The lowest BCUT2D eigenvalue weighted by atomic mass is 9.98. The van der Waals surface area contributed by atoms with Crippen molar-refractivity contribution in [2.24, 2.45) is 0 Å².